The highest BCUT2D eigenvalue weighted by Gasteiger charge is 2.16. The van der Waals surface area contributed by atoms with Crippen molar-refractivity contribution in [3.05, 3.63) is 29.1 Å². The van der Waals surface area contributed by atoms with Crippen LogP contribution in [0.25, 0.3) is 0 Å². The summed E-state index contributed by atoms with van der Waals surface area (Å²) in [5.74, 6) is -1.90. The molecule has 0 aliphatic rings. The number of benzene rings is 1. The Morgan fingerprint density at radius 1 is 1.56 bits per heavy atom. The van der Waals surface area contributed by atoms with Crippen LogP contribution in [-0.2, 0) is 17.6 Å². The van der Waals surface area contributed by atoms with Gasteiger partial charge in [-0.3, -0.25) is 4.79 Å². The fraction of sp³-hybridized carbons (Fsp3) is 0.364. The number of carbonyl (C=O) groups is 1. The van der Waals surface area contributed by atoms with E-state index in [1.54, 1.807) is 6.92 Å². The zero-order chi connectivity index (χ0) is 12.3. The summed E-state index contributed by atoms with van der Waals surface area (Å²) in [5.41, 5.74) is 6.35. The van der Waals surface area contributed by atoms with E-state index < -0.39 is 17.8 Å². The van der Waals surface area contributed by atoms with Gasteiger partial charge >= 0.3 is 5.97 Å². The van der Waals surface area contributed by atoms with Gasteiger partial charge in [-0.25, -0.2) is 4.39 Å². The molecular weight excluding hydrogens is 213 g/mol. The van der Waals surface area contributed by atoms with Crippen molar-refractivity contribution in [2.45, 2.75) is 25.8 Å². The molecule has 1 atom stereocenters. The summed E-state index contributed by atoms with van der Waals surface area (Å²) in [6.07, 6.45) is 0.498. The van der Waals surface area contributed by atoms with Crippen LogP contribution in [-0.4, -0.2) is 22.2 Å². The van der Waals surface area contributed by atoms with Gasteiger partial charge in [-0.1, -0.05) is 6.92 Å². The first-order valence-corrected chi connectivity index (χ1v) is 4.94. The molecule has 5 heteroatoms. The Bertz CT molecular complexity index is 406. The molecule has 1 aromatic rings. The van der Waals surface area contributed by atoms with Crippen LogP contribution in [0.1, 0.15) is 18.1 Å². The second-order valence-electron chi connectivity index (χ2n) is 3.57. The third kappa shape index (κ3) is 2.70. The summed E-state index contributed by atoms with van der Waals surface area (Å²) in [6, 6.07) is 1.13. The van der Waals surface area contributed by atoms with Crippen LogP contribution in [0.15, 0.2) is 12.1 Å². The highest BCUT2D eigenvalue weighted by molar-refractivity contribution is 5.73. The zero-order valence-electron chi connectivity index (χ0n) is 8.90. The van der Waals surface area contributed by atoms with Crippen LogP contribution >= 0.6 is 0 Å². The maximum atomic E-state index is 13.0. The lowest BCUT2D eigenvalue weighted by Crippen LogP contribution is -2.32. The highest BCUT2D eigenvalue weighted by Crippen LogP contribution is 2.24. The number of hydrogen-bond donors (Lipinski definition) is 3. The lowest BCUT2D eigenvalue weighted by molar-refractivity contribution is -0.138. The predicted octanol–water partition coefficient (Wildman–Crippen LogP) is 1.05. The number of rotatable bonds is 4. The van der Waals surface area contributed by atoms with Crippen LogP contribution in [0.5, 0.6) is 5.75 Å². The lowest BCUT2D eigenvalue weighted by atomic mass is 9.98. The molecular formula is C11H14FNO3. The molecule has 0 amide bonds. The Hall–Kier alpha value is -1.62. The quantitative estimate of drug-likeness (QED) is 0.717. The molecule has 1 rings (SSSR count). The van der Waals surface area contributed by atoms with Crippen LogP contribution < -0.4 is 5.73 Å². The first-order chi connectivity index (χ1) is 7.45. The van der Waals surface area contributed by atoms with Gasteiger partial charge in [0.2, 0.25) is 0 Å². The Kier molecular flexibility index (Phi) is 3.84. The molecule has 1 unspecified atom stereocenters. The van der Waals surface area contributed by atoms with E-state index in [0.717, 1.165) is 6.07 Å². The number of phenolic OH excluding ortho intramolecular Hbond substituents is 1. The standard InChI is InChI=1S/C11H14FNO3/c1-2-8-6(4-9(13)11(15)16)3-7(12)5-10(8)14/h3,5,9,14H,2,4,13H2,1H3,(H,15,16). The van der Waals surface area contributed by atoms with Gasteiger partial charge in [0.05, 0.1) is 0 Å². The lowest BCUT2D eigenvalue weighted by Gasteiger charge is -2.12. The van der Waals surface area contributed by atoms with E-state index >= 15 is 0 Å². The normalized spacial score (nSPS) is 12.4. The third-order valence-electron chi connectivity index (χ3n) is 2.39. The molecule has 0 heterocycles. The van der Waals surface area contributed by atoms with Gasteiger partial charge in [-0.05, 0) is 30.0 Å². The highest BCUT2D eigenvalue weighted by atomic mass is 19.1. The minimum absolute atomic E-state index is 0.00380. The number of aromatic hydroxyl groups is 1. The molecule has 0 fully saturated rings. The average molecular weight is 227 g/mol. The van der Waals surface area contributed by atoms with Crippen molar-refractivity contribution in [2.75, 3.05) is 0 Å². The Morgan fingerprint density at radius 3 is 2.69 bits per heavy atom. The molecule has 16 heavy (non-hydrogen) atoms. The van der Waals surface area contributed by atoms with E-state index in [2.05, 4.69) is 0 Å². The van der Waals surface area contributed by atoms with Crippen molar-refractivity contribution >= 4 is 5.97 Å². The second-order valence-corrected chi connectivity index (χ2v) is 3.57. The minimum Gasteiger partial charge on any atom is -0.508 e. The number of carboxylic acids is 1. The van der Waals surface area contributed by atoms with Crippen molar-refractivity contribution in [3.63, 3.8) is 0 Å². The maximum Gasteiger partial charge on any atom is 0.320 e. The van der Waals surface area contributed by atoms with Crippen LogP contribution in [0, 0.1) is 5.82 Å². The van der Waals surface area contributed by atoms with E-state index in [1.807, 2.05) is 0 Å². The molecule has 4 nitrogen and oxygen atoms in total. The van der Waals surface area contributed by atoms with Crippen LogP contribution in [0.2, 0.25) is 0 Å². The van der Waals surface area contributed by atoms with E-state index in [9.17, 15) is 14.3 Å². The van der Waals surface area contributed by atoms with Crippen molar-refractivity contribution in [1.29, 1.82) is 0 Å². The van der Waals surface area contributed by atoms with Gasteiger partial charge in [0.15, 0.2) is 0 Å². The predicted molar refractivity (Wildman–Crippen MR) is 56.8 cm³/mol. The average Bonchev–Trinajstić information content (AvgIpc) is 2.16. The summed E-state index contributed by atoms with van der Waals surface area (Å²) in [6.45, 7) is 1.79. The summed E-state index contributed by atoms with van der Waals surface area (Å²) >= 11 is 0. The van der Waals surface area contributed by atoms with Gasteiger partial charge in [0, 0.05) is 6.07 Å². The SMILES string of the molecule is CCc1c(O)cc(F)cc1CC(N)C(=O)O. The van der Waals surface area contributed by atoms with Crippen molar-refractivity contribution < 1.29 is 19.4 Å². The summed E-state index contributed by atoms with van der Waals surface area (Å²) in [5, 5.41) is 18.2. The molecule has 0 spiro atoms. The topological polar surface area (TPSA) is 83.5 Å². The number of halogens is 1. The molecule has 4 N–H and O–H groups in total. The van der Waals surface area contributed by atoms with Gasteiger partial charge in [0.25, 0.3) is 0 Å². The molecule has 1 aromatic carbocycles. The first kappa shape index (κ1) is 12.4. The number of nitrogens with two attached hydrogens (primary N) is 1. The molecule has 0 radical (unpaired) electrons. The third-order valence-corrected chi connectivity index (χ3v) is 2.39. The van der Waals surface area contributed by atoms with E-state index in [1.165, 1.54) is 6.07 Å². The minimum atomic E-state index is -1.15. The van der Waals surface area contributed by atoms with Crippen molar-refractivity contribution in [1.82, 2.24) is 0 Å². The molecule has 0 aliphatic heterocycles. The monoisotopic (exact) mass is 227 g/mol. The van der Waals surface area contributed by atoms with Gasteiger partial charge in [-0.2, -0.15) is 0 Å². The van der Waals surface area contributed by atoms with Gasteiger partial charge in [-0.15, -0.1) is 0 Å². The summed E-state index contributed by atoms with van der Waals surface area (Å²) < 4.78 is 13.0. The molecule has 88 valence electrons. The van der Waals surface area contributed by atoms with E-state index in [-0.39, 0.29) is 12.2 Å². The van der Waals surface area contributed by atoms with Crippen molar-refractivity contribution in [2.24, 2.45) is 5.73 Å². The largest absolute Gasteiger partial charge is 0.508 e. The van der Waals surface area contributed by atoms with Crippen LogP contribution in [0.3, 0.4) is 0 Å². The summed E-state index contributed by atoms with van der Waals surface area (Å²) in [4.78, 5) is 10.6. The number of hydrogen-bond acceptors (Lipinski definition) is 3. The molecule has 0 aromatic heterocycles. The second kappa shape index (κ2) is 4.94. The zero-order valence-corrected chi connectivity index (χ0v) is 8.90. The van der Waals surface area contributed by atoms with Gasteiger partial charge < -0.3 is 15.9 Å². The molecule has 0 saturated heterocycles. The fourth-order valence-electron chi connectivity index (χ4n) is 1.59. The molecule has 0 saturated carbocycles. The fourth-order valence-corrected chi connectivity index (χ4v) is 1.59. The van der Waals surface area contributed by atoms with E-state index in [0.29, 0.717) is 17.5 Å². The number of aliphatic carboxylic acids is 1. The maximum absolute atomic E-state index is 13.0. The Balaban J connectivity index is 3.07. The van der Waals surface area contributed by atoms with E-state index in [4.69, 9.17) is 10.8 Å². The van der Waals surface area contributed by atoms with Crippen LogP contribution in [0.4, 0.5) is 4.39 Å². The Morgan fingerprint density at radius 2 is 2.19 bits per heavy atom. The smallest absolute Gasteiger partial charge is 0.320 e. The Labute approximate surface area is 92.5 Å². The van der Waals surface area contributed by atoms with Gasteiger partial charge in [0.1, 0.15) is 17.6 Å². The number of carboxylic acid groups (broad SMARTS) is 1. The van der Waals surface area contributed by atoms with Crippen molar-refractivity contribution in [3.8, 4) is 5.75 Å². The molecule has 0 bridgehead atoms. The summed E-state index contributed by atoms with van der Waals surface area (Å²) in [7, 11) is 0. The number of phenols is 1. The molecule has 0 aliphatic carbocycles. The first-order valence-electron chi connectivity index (χ1n) is 4.94.